The number of rotatable bonds is 3. The van der Waals surface area contributed by atoms with Crippen molar-refractivity contribution in [2.45, 2.75) is 19.8 Å². The first-order valence-corrected chi connectivity index (χ1v) is 6.34. The molecular formula is C12H12BrN3O2. The third kappa shape index (κ3) is 2.59. The van der Waals surface area contributed by atoms with E-state index in [0.717, 1.165) is 10.9 Å². The van der Waals surface area contributed by atoms with E-state index in [2.05, 4.69) is 30.9 Å². The van der Waals surface area contributed by atoms with Crippen molar-refractivity contribution in [3.8, 4) is 17.3 Å². The minimum atomic E-state index is -0.306. The zero-order valence-corrected chi connectivity index (χ0v) is 11.4. The highest BCUT2D eigenvalue weighted by Crippen LogP contribution is 2.20. The zero-order valence-electron chi connectivity index (χ0n) is 9.77. The van der Waals surface area contributed by atoms with Gasteiger partial charge in [0.05, 0.1) is 5.56 Å². The second-order valence-electron chi connectivity index (χ2n) is 3.86. The number of aromatic nitrogens is 3. The first-order chi connectivity index (χ1) is 8.61. The minimum Gasteiger partial charge on any atom is -0.493 e. The summed E-state index contributed by atoms with van der Waals surface area (Å²) in [6, 6.07) is 1.77. The summed E-state index contributed by atoms with van der Waals surface area (Å²) in [6.45, 7) is 1.94. The average Bonchev–Trinajstić information content (AvgIpc) is 2.33. The van der Waals surface area contributed by atoms with Gasteiger partial charge >= 0.3 is 0 Å². The van der Waals surface area contributed by atoms with Crippen LogP contribution in [0.15, 0.2) is 27.7 Å². The van der Waals surface area contributed by atoms with E-state index in [0.29, 0.717) is 23.4 Å². The van der Waals surface area contributed by atoms with Crippen LogP contribution in [-0.4, -0.2) is 20.1 Å². The van der Waals surface area contributed by atoms with Gasteiger partial charge in [0.1, 0.15) is 5.82 Å². The molecule has 0 aliphatic heterocycles. The monoisotopic (exact) mass is 309 g/mol. The van der Waals surface area contributed by atoms with Crippen LogP contribution >= 0.6 is 15.9 Å². The highest BCUT2D eigenvalue weighted by molar-refractivity contribution is 9.10. The Morgan fingerprint density at radius 2 is 2.22 bits per heavy atom. The van der Waals surface area contributed by atoms with Gasteiger partial charge in [-0.05, 0) is 28.4 Å². The van der Waals surface area contributed by atoms with E-state index in [1.54, 1.807) is 18.5 Å². The van der Waals surface area contributed by atoms with E-state index in [-0.39, 0.29) is 11.4 Å². The fourth-order valence-corrected chi connectivity index (χ4v) is 2.00. The topological polar surface area (TPSA) is 78.9 Å². The summed E-state index contributed by atoms with van der Waals surface area (Å²) in [5.41, 5.74) is 0.656. The van der Waals surface area contributed by atoms with Gasteiger partial charge in [-0.3, -0.25) is 9.78 Å². The predicted molar refractivity (Wildman–Crippen MR) is 71.4 cm³/mol. The molecule has 0 spiro atoms. The van der Waals surface area contributed by atoms with Crippen molar-refractivity contribution in [3.05, 3.63) is 38.9 Å². The SMILES string of the molecule is CCCc1c(O)nc(-c2cncc(Br)c2)[nH]c1=O. The standard InChI is InChI=1S/C12H12BrN3O2/c1-2-3-9-11(17)15-10(16-12(9)18)7-4-8(13)6-14-5-7/h4-6H,2-3H2,1H3,(H2,15,16,17,18). The number of nitrogens with one attached hydrogen (secondary N) is 1. The van der Waals surface area contributed by atoms with E-state index < -0.39 is 0 Å². The summed E-state index contributed by atoms with van der Waals surface area (Å²) in [6.07, 6.45) is 4.48. The molecule has 94 valence electrons. The van der Waals surface area contributed by atoms with Gasteiger partial charge in [-0.1, -0.05) is 13.3 Å². The number of aromatic hydroxyl groups is 1. The average molecular weight is 310 g/mol. The van der Waals surface area contributed by atoms with Crippen molar-refractivity contribution < 1.29 is 5.11 Å². The molecule has 2 aromatic heterocycles. The van der Waals surface area contributed by atoms with Crippen molar-refractivity contribution >= 4 is 15.9 Å². The second kappa shape index (κ2) is 5.30. The summed E-state index contributed by atoms with van der Waals surface area (Å²) < 4.78 is 0.778. The van der Waals surface area contributed by atoms with Crippen molar-refractivity contribution in [1.82, 2.24) is 15.0 Å². The Hall–Kier alpha value is -1.69. The fraction of sp³-hybridized carbons (Fsp3) is 0.250. The van der Waals surface area contributed by atoms with Crippen LogP contribution in [0.3, 0.4) is 0 Å². The Labute approximate surface area is 112 Å². The van der Waals surface area contributed by atoms with Gasteiger partial charge < -0.3 is 10.1 Å². The lowest BCUT2D eigenvalue weighted by molar-refractivity contribution is 0.443. The molecule has 0 aromatic carbocycles. The molecule has 0 saturated heterocycles. The molecule has 6 heteroatoms. The number of H-pyrrole nitrogens is 1. The molecule has 0 aliphatic rings. The largest absolute Gasteiger partial charge is 0.493 e. The van der Waals surface area contributed by atoms with Crippen molar-refractivity contribution in [2.75, 3.05) is 0 Å². The molecule has 0 saturated carbocycles. The normalized spacial score (nSPS) is 10.6. The molecule has 0 atom stereocenters. The maximum Gasteiger partial charge on any atom is 0.258 e. The smallest absolute Gasteiger partial charge is 0.258 e. The molecule has 5 nitrogen and oxygen atoms in total. The van der Waals surface area contributed by atoms with Crippen molar-refractivity contribution in [1.29, 1.82) is 0 Å². The number of pyridine rings is 1. The van der Waals surface area contributed by atoms with Gasteiger partial charge in [0.15, 0.2) is 0 Å². The molecule has 2 heterocycles. The molecule has 2 N–H and O–H groups in total. The lowest BCUT2D eigenvalue weighted by Gasteiger charge is -2.05. The summed E-state index contributed by atoms with van der Waals surface area (Å²) >= 11 is 3.29. The van der Waals surface area contributed by atoms with Crippen LogP contribution in [0, 0.1) is 0 Å². The molecule has 18 heavy (non-hydrogen) atoms. The summed E-state index contributed by atoms with van der Waals surface area (Å²) in [5, 5.41) is 9.77. The van der Waals surface area contributed by atoms with E-state index in [4.69, 9.17) is 0 Å². The van der Waals surface area contributed by atoms with Crippen LogP contribution in [-0.2, 0) is 6.42 Å². The molecule has 0 amide bonds. The van der Waals surface area contributed by atoms with Gasteiger partial charge in [-0.2, -0.15) is 4.98 Å². The van der Waals surface area contributed by atoms with E-state index >= 15 is 0 Å². The molecule has 0 bridgehead atoms. The minimum absolute atomic E-state index is 0.212. The predicted octanol–water partition coefficient (Wildman–Crippen LogP) is 2.25. The van der Waals surface area contributed by atoms with Crippen LogP contribution in [0.5, 0.6) is 5.88 Å². The first kappa shape index (κ1) is 12.8. The van der Waals surface area contributed by atoms with Crippen molar-refractivity contribution in [2.24, 2.45) is 0 Å². The molecule has 2 aromatic rings. The van der Waals surface area contributed by atoms with E-state index in [9.17, 15) is 9.90 Å². The van der Waals surface area contributed by atoms with E-state index in [1.165, 1.54) is 0 Å². The Morgan fingerprint density at radius 1 is 1.44 bits per heavy atom. The van der Waals surface area contributed by atoms with Crippen LogP contribution in [0.1, 0.15) is 18.9 Å². The number of halogens is 1. The van der Waals surface area contributed by atoms with Gasteiger partial charge in [0.25, 0.3) is 5.56 Å². The molecule has 0 unspecified atom stereocenters. The summed E-state index contributed by atoms with van der Waals surface area (Å²) in [4.78, 5) is 22.5. The zero-order chi connectivity index (χ0) is 13.1. The fourth-order valence-electron chi connectivity index (χ4n) is 1.64. The molecule has 0 aliphatic carbocycles. The van der Waals surface area contributed by atoms with Crippen LogP contribution in [0.4, 0.5) is 0 Å². The maximum atomic E-state index is 11.8. The van der Waals surface area contributed by atoms with Gasteiger partial charge in [0, 0.05) is 22.4 Å². The van der Waals surface area contributed by atoms with Crippen LogP contribution < -0.4 is 5.56 Å². The quantitative estimate of drug-likeness (QED) is 0.911. The highest BCUT2D eigenvalue weighted by atomic mass is 79.9. The lowest BCUT2D eigenvalue weighted by Crippen LogP contribution is -2.15. The molecule has 0 fully saturated rings. The summed E-state index contributed by atoms with van der Waals surface area (Å²) in [7, 11) is 0. The van der Waals surface area contributed by atoms with Gasteiger partial charge in [0.2, 0.25) is 5.88 Å². The number of nitrogens with zero attached hydrogens (tertiary/aromatic N) is 2. The van der Waals surface area contributed by atoms with Crippen molar-refractivity contribution in [3.63, 3.8) is 0 Å². The first-order valence-electron chi connectivity index (χ1n) is 5.55. The number of aromatic amines is 1. The molecule has 2 rings (SSSR count). The van der Waals surface area contributed by atoms with Crippen LogP contribution in [0.25, 0.3) is 11.4 Å². The Morgan fingerprint density at radius 3 is 2.83 bits per heavy atom. The van der Waals surface area contributed by atoms with Crippen LogP contribution in [0.2, 0.25) is 0 Å². The lowest BCUT2D eigenvalue weighted by atomic mass is 10.2. The maximum absolute atomic E-state index is 11.8. The Balaban J connectivity index is 2.51. The van der Waals surface area contributed by atoms with Gasteiger partial charge in [-0.15, -0.1) is 0 Å². The number of hydrogen-bond donors (Lipinski definition) is 2. The third-order valence-corrected chi connectivity index (χ3v) is 2.91. The highest BCUT2D eigenvalue weighted by Gasteiger charge is 2.11. The Kier molecular flexibility index (Phi) is 3.76. The van der Waals surface area contributed by atoms with E-state index in [1.807, 2.05) is 6.92 Å². The summed E-state index contributed by atoms with van der Waals surface area (Å²) in [5.74, 6) is 0.0988. The van der Waals surface area contributed by atoms with Gasteiger partial charge in [-0.25, -0.2) is 0 Å². The Bertz CT molecular complexity index is 625. The second-order valence-corrected chi connectivity index (χ2v) is 4.77. The third-order valence-electron chi connectivity index (χ3n) is 2.47. The molecular weight excluding hydrogens is 298 g/mol. The number of hydrogen-bond acceptors (Lipinski definition) is 4. The molecule has 0 radical (unpaired) electrons.